The first kappa shape index (κ1) is 18.0. The summed E-state index contributed by atoms with van der Waals surface area (Å²) in [6.07, 6.45) is -0.310. The van der Waals surface area contributed by atoms with Gasteiger partial charge in [0.2, 0.25) is 5.91 Å². The summed E-state index contributed by atoms with van der Waals surface area (Å²) in [6.45, 7) is 3.44. The minimum absolute atomic E-state index is 0.0105. The largest absolute Gasteiger partial charge is 0.489 e. The number of aliphatic hydroxyl groups excluding tert-OH is 1. The molecule has 0 aliphatic carbocycles. The van der Waals surface area contributed by atoms with Crippen molar-refractivity contribution in [2.75, 3.05) is 26.2 Å². The molecule has 0 aromatic heterocycles. The van der Waals surface area contributed by atoms with Gasteiger partial charge in [0.15, 0.2) is 0 Å². The molecule has 1 aromatic carbocycles. The smallest absolute Gasteiger partial charge is 0.221 e. The first-order valence-electron chi connectivity index (χ1n) is 6.76. The van der Waals surface area contributed by atoms with E-state index < -0.39 is 6.10 Å². The van der Waals surface area contributed by atoms with E-state index in [9.17, 15) is 9.90 Å². The second kappa shape index (κ2) is 9.84. The Morgan fingerprint density at radius 3 is 2.86 bits per heavy atom. The van der Waals surface area contributed by atoms with Crippen LogP contribution in [0.15, 0.2) is 18.2 Å². The monoisotopic (exact) mass is 334 g/mol. The molecule has 118 valence electrons. The van der Waals surface area contributed by atoms with E-state index in [2.05, 4.69) is 10.6 Å². The Hall–Kier alpha value is -1.01. The van der Waals surface area contributed by atoms with Crippen LogP contribution >= 0.6 is 23.2 Å². The van der Waals surface area contributed by atoms with Crippen molar-refractivity contribution in [1.82, 2.24) is 10.6 Å². The predicted molar refractivity (Wildman–Crippen MR) is 84.1 cm³/mol. The third kappa shape index (κ3) is 7.52. The quantitative estimate of drug-likeness (QED) is 0.603. The lowest BCUT2D eigenvalue weighted by Crippen LogP contribution is -2.34. The summed E-state index contributed by atoms with van der Waals surface area (Å²) in [5, 5.41) is 16.4. The van der Waals surface area contributed by atoms with Crippen LogP contribution in [0.25, 0.3) is 0 Å². The number of rotatable bonds is 9. The van der Waals surface area contributed by atoms with E-state index in [4.69, 9.17) is 27.9 Å². The van der Waals surface area contributed by atoms with Crippen LogP contribution in [0.5, 0.6) is 5.75 Å². The fourth-order valence-electron chi connectivity index (χ4n) is 1.59. The maximum absolute atomic E-state index is 11.2. The van der Waals surface area contributed by atoms with Gasteiger partial charge >= 0.3 is 0 Å². The molecule has 0 saturated heterocycles. The molecule has 1 aromatic rings. The highest BCUT2D eigenvalue weighted by molar-refractivity contribution is 6.35. The number of aliphatic hydroxyl groups is 1. The molecule has 7 heteroatoms. The van der Waals surface area contributed by atoms with Gasteiger partial charge in [0.25, 0.3) is 0 Å². The molecule has 0 radical (unpaired) electrons. The fraction of sp³-hybridized carbons (Fsp3) is 0.500. The van der Waals surface area contributed by atoms with Gasteiger partial charge in [-0.05, 0) is 25.1 Å². The summed E-state index contributed by atoms with van der Waals surface area (Å²) in [7, 11) is 0. The number of benzene rings is 1. The Bertz CT molecular complexity index is 458. The summed E-state index contributed by atoms with van der Waals surface area (Å²) in [5.41, 5.74) is 0. The van der Waals surface area contributed by atoms with Gasteiger partial charge in [-0.25, -0.2) is 0 Å². The lowest BCUT2D eigenvalue weighted by atomic mass is 10.3. The van der Waals surface area contributed by atoms with Crippen LogP contribution in [-0.4, -0.2) is 43.4 Å². The summed E-state index contributed by atoms with van der Waals surface area (Å²) in [6, 6.07) is 4.90. The van der Waals surface area contributed by atoms with Crippen LogP contribution in [0.1, 0.15) is 13.3 Å². The number of amides is 1. The average Bonchev–Trinajstić information content (AvgIpc) is 2.43. The van der Waals surface area contributed by atoms with E-state index in [1.807, 2.05) is 6.92 Å². The van der Waals surface area contributed by atoms with E-state index in [-0.39, 0.29) is 12.5 Å². The van der Waals surface area contributed by atoms with Crippen LogP contribution in [0, 0.1) is 0 Å². The van der Waals surface area contributed by atoms with Crippen molar-refractivity contribution in [3.63, 3.8) is 0 Å². The lowest BCUT2D eigenvalue weighted by molar-refractivity contribution is -0.120. The molecule has 0 aliphatic heterocycles. The number of carbonyl (C=O) groups is 1. The molecule has 0 heterocycles. The van der Waals surface area contributed by atoms with Crippen molar-refractivity contribution in [2.45, 2.75) is 19.4 Å². The molecule has 1 atom stereocenters. The molecule has 1 rings (SSSR count). The zero-order valence-corrected chi connectivity index (χ0v) is 13.4. The predicted octanol–water partition coefficient (Wildman–Crippen LogP) is 1.85. The molecule has 0 spiro atoms. The Kier molecular flexibility index (Phi) is 8.45. The second-order valence-corrected chi connectivity index (χ2v) is 5.29. The van der Waals surface area contributed by atoms with Crippen molar-refractivity contribution >= 4 is 29.1 Å². The normalized spacial score (nSPS) is 12.0. The molecular formula is C14H20Cl2N2O3. The van der Waals surface area contributed by atoms with Gasteiger partial charge in [0.1, 0.15) is 18.5 Å². The van der Waals surface area contributed by atoms with Crippen LogP contribution in [0.3, 0.4) is 0 Å². The highest BCUT2D eigenvalue weighted by Crippen LogP contribution is 2.27. The Morgan fingerprint density at radius 1 is 1.43 bits per heavy atom. The number of nitrogens with one attached hydrogen (secondary N) is 2. The Morgan fingerprint density at radius 2 is 2.19 bits per heavy atom. The minimum Gasteiger partial charge on any atom is -0.489 e. The molecule has 0 fully saturated rings. The molecule has 3 N–H and O–H groups in total. The van der Waals surface area contributed by atoms with Crippen LogP contribution in [0.2, 0.25) is 10.0 Å². The maximum Gasteiger partial charge on any atom is 0.221 e. The molecular weight excluding hydrogens is 315 g/mol. The standard InChI is InChI=1S/C14H20Cl2N2O3/c1-2-18-14(20)5-6-17-8-11(19)9-21-13-4-3-10(15)7-12(13)16/h3-4,7,11,17,19H,2,5-6,8-9H2,1H3,(H,18,20). The number of ether oxygens (including phenoxy) is 1. The number of halogens is 2. The zero-order chi connectivity index (χ0) is 15.7. The number of carbonyl (C=O) groups excluding carboxylic acids is 1. The van der Waals surface area contributed by atoms with Gasteiger partial charge in [-0.2, -0.15) is 0 Å². The fourth-order valence-corrected chi connectivity index (χ4v) is 2.06. The number of hydrogen-bond donors (Lipinski definition) is 3. The van der Waals surface area contributed by atoms with Gasteiger partial charge in [-0.1, -0.05) is 23.2 Å². The van der Waals surface area contributed by atoms with Crippen molar-refractivity contribution in [2.24, 2.45) is 0 Å². The molecule has 0 saturated carbocycles. The van der Waals surface area contributed by atoms with E-state index in [0.717, 1.165) is 0 Å². The number of hydrogen-bond acceptors (Lipinski definition) is 4. The van der Waals surface area contributed by atoms with Gasteiger partial charge in [0.05, 0.1) is 5.02 Å². The van der Waals surface area contributed by atoms with Crippen molar-refractivity contribution < 1.29 is 14.6 Å². The molecule has 0 aliphatic rings. The molecule has 0 bridgehead atoms. The summed E-state index contributed by atoms with van der Waals surface area (Å²) >= 11 is 11.7. The summed E-state index contributed by atoms with van der Waals surface area (Å²) in [5.74, 6) is 0.464. The molecule has 1 unspecified atom stereocenters. The van der Waals surface area contributed by atoms with Gasteiger partial charge in [0, 0.05) is 31.1 Å². The van der Waals surface area contributed by atoms with E-state index in [0.29, 0.717) is 41.8 Å². The van der Waals surface area contributed by atoms with E-state index in [1.165, 1.54) is 0 Å². The SMILES string of the molecule is CCNC(=O)CCNCC(O)COc1ccc(Cl)cc1Cl. The van der Waals surface area contributed by atoms with Gasteiger partial charge in [-0.15, -0.1) is 0 Å². The Balaban J connectivity index is 2.19. The molecule has 21 heavy (non-hydrogen) atoms. The first-order valence-corrected chi connectivity index (χ1v) is 7.51. The third-order valence-corrected chi connectivity index (χ3v) is 3.14. The average molecular weight is 335 g/mol. The van der Waals surface area contributed by atoms with E-state index >= 15 is 0 Å². The second-order valence-electron chi connectivity index (χ2n) is 4.45. The minimum atomic E-state index is -0.689. The lowest BCUT2D eigenvalue weighted by Gasteiger charge is -2.14. The van der Waals surface area contributed by atoms with Crippen molar-refractivity contribution in [3.05, 3.63) is 28.2 Å². The van der Waals surface area contributed by atoms with Crippen LogP contribution in [-0.2, 0) is 4.79 Å². The summed E-state index contributed by atoms with van der Waals surface area (Å²) in [4.78, 5) is 11.2. The molecule has 1 amide bonds. The third-order valence-electron chi connectivity index (χ3n) is 2.61. The van der Waals surface area contributed by atoms with Crippen molar-refractivity contribution in [3.8, 4) is 5.75 Å². The van der Waals surface area contributed by atoms with Crippen LogP contribution < -0.4 is 15.4 Å². The maximum atomic E-state index is 11.2. The van der Waals surface area contributed by atoms with Gasteiger partial charge in [-0.3, -0.25) is 4.79 Å². The Labute approximate surface area is 134 Å². The zero-order valence-electron chi connectivity index (χ0n) is 11.9. The highest BCUT2D eigenvalue weighted by atomic mass is 35.5. The topological polar surface area (TPSA) is 70.6 Å². The summed E-state index contributed by atoms with van der Waals surface area (Å²) < 4.78 is 5.41. The van der Waals surface area contributed by atoms with Crippen LogP contribution in [0.4, 0.5) is 0 Å². The molecule has 5 nitrogen and oxygen atoms in total. The van der Waals surface area contributed by atoms with Crippen molar-refractivity contribution in [1.29, 1.82) is 0 Å². The highest BCUT2D eigenvalue weighted by Gasteiger charge is 2.08. The van der Waals surface area contributed by atoms with E-state index in [1.54, 1.807) is 18.2 Å². The first-order chi connectivity index (χ1) is 10.0. The van der Waals surface area contributed by atoms with Gasteiger partial charge < -0.3 is 20.5 Å².